The number of guanidine groups is 1. The maximum Gasteiger partial charge on any atom is 0.191 e. The standard InChI is InChI=1S/C18H27FN6.HI/c1-6-20-18(22-11-17-16(19)8-7-9-21-17)23-12(2)10-15-13(3)24-25(5)14(15)4;/h7-9,12H,6,10-11H2,1-5H3,(H2,20,22,23);1H. The third-order valence-corrected chi connectivity index (χ3v) is 4.12. The van der Waals surface area contributed by atoms with Crippen molar-refractivity contribution < 1.29 is 4.39 Å². The van der Waals surface area contributed by atoms with E-state index in [0.717, 1.165) is 18.7 Å². The summed E-state index contributed by atoms with van der Waals surface area (Å²) in [4.78, 5) is 8.48. The van der Waals surface area contributed by atoms with E-state index in [1.165, 1.54) is 17.3 Å². The third kappa shape index (κ3) is 5.93. The van der Waals surface area contributed by atoms with Crippen LogP contribution in [-0.4, -0.2) is 33.3 Å². The average Bonchev–Trinajstić information content (AvgIpc) is 2.80. The highest BCUT2D eigenvalue weighted by molar-refractivity contribution is 14.0. The molecule has 2 aromatic heterocycles. The lowest BCUT2D eigenvalue weighted by molar-refractivity contribution is 0.597. The molecule has 2 N–H and O–H groups in total. The van der Waals surface area contributed by atoms with Crippen molar-refractivity contribution in [2.75, 3.05) is 6.54 Å². The summed E-state index contributed by atoms with van der Waals surface area (Å²) in [7, 11) is 1.96. The van der Waals surface area contributed by atoms with Gasteiger partial charge in [0.1, 0.15) is 5.82 Å². The molecule has 1 unspecified atom stereocenters. The van der Waals surface area contributed by atoms with Gasteiger partial charge in [-0.05, 0) is 51.8 Å². The van der Waals surface area contributed by atoms with E-state index in [-0.39, 0.29) is 42.4 Å². The van der Waals surface area contributed by atoms with Gasteiger partial charge < -0.3 is 10.6 Å². The Hall–Kier alpha value is -1.71. The molecule has 0 fully saturated rings. The predicted octanol–water partition coefficient (Wildman–Crippen LogP) is 2.88. The van der Waals surface area contributed by atoms with Gasteiger partial charge in [-0.2, -0.15) is 5.10 Å². The summed E-state index contributed by atoms with van der Waals surface area (Å²) >= 11 is 0. The molecule has 0 saturated heterocycles. The van der Waals surface area contributed by atoms with E-state index >= 15 is 0 Å². The summed E-state index contributed by atoms with van der Waals surface area (Å²) < 4.78 is 15.6. The molecule has 0 saturated carbocycles. The first-order valence-electron chi connectivity index (χ1n) is 8.55. The summed E-state index contributed by atoms with van der Waals surface area (Å²) in [6, 6.07) is 3.13. The summed E-state index contributed by atoms with van der Waals surface area (Å²) in [6.45, 7) is 9.12. The lowest BCUT2D eigenvalue weighted by Gasteiger charge is -2.18. The van der Waals surface area contributed by atoms with Gasteiger partial charge >= 0.3 is 0 Å². The minimum absolute atomic E-state index is 0. The van der Waals surface area contributed by atoms with Crippen molar-refractivity contribution in [2.45, 2.75) is 46.7 Å². The number of halogens is 2. The van der Waals surface area contributed by atoms with Crippen LogP contribution in [-0.2, 0) is 20.0 Å². The second-order valence-corrected chi connectivity index (χ2v) is 6.15. The van der Waals surface area contributed by atoms with Crippen LogP contribution in [0.5, 0.6) is 0 Å². The van der Waals surface area contributed by atoms with E-state index in [2.05, 4.69) is 39.6 Å². The minimum atomic E-state index is -0.336. The lowest BCUT2D eigenvalue weighted by atomic mass is 10.1. The van der Waals surface area contributed by atoms with Crippen molar-refractivity contribution in [1.82, 2.24) is 25.4 Å². The van der Waals surface area contributed by atoms with Crippen molar-refractivity contribution in [3.8, 4) is 0 Å². The fraction of sp³-hybridized carbons (Fsp3) is 0.500. The van der Waals surface area contributed by atoms with Crippen LogP contribution in [0.15, 0.2) is 23.3 Å². The van der Waals surface area contributed by atoms with E-state index in [4.69, 9.17) is 0 Å². The molecular weight excluding hydrogens is 446 g/mol. The Morgan fingerprint density at radius 2 is 2.12 bits per heavy atom. The van der Waals surface area contributed by atoms with Crippen LogP contribution in [0.25, 0.3) is 0 Å². The molecule has 0 bridgehead atoms. The fourth-order valence-electron chi connectivity index (χ4n) is 2.71. The van der Waals surface area contributed by atoms with Crippen molar-refractivity contribution >= 4 is 29.9 Å². The van der Waals surface area contributed by atoms with Gasteiger partial charge in [-0.3, -0.25) is 9.67 Å². The molecule has 0 spiro atoms. The van der Waals surface area contributed by atoms with Crippen LogP contribution in [0.3, 0.4) is 0 Å². The molecule has 0 aromatic carbocycles. The van der Waals surface area contributed by atoms with Gasteiger partial charge in [0.15, 0.2) is 5.96 Å². The van der Waals surface area contributed by atoms with Crippen LogP contribution in [0.4, 0.5) is 4.39 Å². The number of pyridine rings is 1. The van der Waals surface area contributed by atoms with Crippen LogP contribution >= 0.6 is 24.0 Å². The van der Waals surface area contributed by atoms with Crippen LogP contribution in [0.2, 0.25) is 0 Å². The number of aryl methyl sites for hydroxylation is 2. The van der Waals surface area contributed by atoms with Crippen LogP contribution in [0, 0.1) is 19.7 Å². The van der Waals surface area contributed by atoms with Gasteiger partial charge in [0.25, 0.3) is 0 Å². The highest BCUT2D eigenvalue weighted by atomic mass is 127. The Balaban J connectivity index is 0.00000338. The van der Waals surface area contributed by atoms with E-state index in [1.54, 1.807) is 12.3 Å². The first kappa shape index (κ1) is 22.3. The molecule has 1 atom stereocenters. The SMILES string of the molecule is CCNC(=NCc1ncccc1F)NC(C)Cc1c(C)nn(C)c1C.I. The zero-order valence-electron chi connectivity index (χ0n) is 16.0. The third-order valence-electron chi connectivity index (χ3n) is 4.12. The van der Waals surface area contributed by atoms with Crippen molar-refractivity contribution in [1.29, 1.82) is 0 Å². The molecular formula is C18H28FIN6. The highest BCUT2D eigenvalue weighted by Gasteiger charge is 2.14. The Morgan fingerprint density at radius 1 is 1.38 bits per heavy atom. The molecule has 8 heteroatoms. The predicted molar refractivity (Wildman–Crippen MR) is 113 cm³/mol. The number of rotatable bonds is 6. The molecule has 0 aliphatic heterocycles. The van der Waals surface area contributed by atoms with E-state index in [9.17, 15) is 4.39 Å². The van der Waals surface area contributed by atoms with E-state index < -0.39 is 0 Å². The fourth-order valence-corrected chi connectivity index (χ4v) is 2.71. The second kappa shape index (κ2) is 10.4. The van der Waals surface area contributed by atoms with Crippen molar-refractivity contribution in [3.63, 3.8) is 0 Å². The van der Waals surface area contributed by atoms with Gasteiger partial charge in [-0.1, -0.05) is 0 Å². The average molecular weight is 474 g/mol. The summed E-state index contributed by atoms with van der Waals surface area (Å²) in [6.07, 6.45) is 2.42. The van der Waals surface area contributed by atoms with E-state index in [1.807, 2.05) is 25.6 Å². The minimum Gasteiger partial charge on any atom is -0.357 e. The lowest BCUT2D eigenvalue weighted by Crippen LogP contribution is -2.43. The zero-order chi connectivity index (χ0) is 18.4. The zero-order valence-corrected chi connectivity index (χ0v) is 18.3. The first-order chi connectivity index (χ1) is 11.9. The van der Waals surface area contributed by atoms with E-state index in [0.29, 0.717) is 11.7 Å². The van der Waals surface area contributed by atoms with Crippen molar-refractivity contribution in [2.24, 2.45) is 12.0 Å². The monoisotopic (exact) mass is 474 g/mol. The number of nitrogens with one attached hydrogen (secondary N) is 2. The van der Waals surface area contributed by atoms with Crippen LogP contribution < -0.4 is 10.6 Å². The van der Waals surface area contributed by atoms with Crippen LogP contribution in [0.1, 0.15) is 36.5 Å². The summed E-state index contributed by atoms with van der Waals surface area (Å²) in [5.74, 6) is 0.316. The Bertz CT molecular complexity index is 743. The number of aliphatic imine (C=N–C) groups is 1. The normalized spacial score (nSPS) is 12.5. The molecule has 0 aliphatic rings. The maximum absolute atomic E-state index is 13.7. The number of nitrogens with zero attached hydrogens (tertiary/aromatic N) is 4. The van der Waals surface area contributed by atoms with Gasteiger partial charge in [0, 0.05) is 31.5 Å². The first-order valence-corrected chi connectivity index (χ1v) is 8.55. The second-order valence-electron chi connectivity index (χ2n) is 6.15. The Kier molecular flexibility index (Phi) is 8.97. The number of hydrogen-bond acceptors (Lipinski definition) is 3. The molecule has 144 valence electrons. The van der Waals surface area contributed by atoms with Gasteiger partial charge in [0.05, 0.1) is 17.9 Å². The molecule has 6 nitrogen and oxygen atoms in total. The van der Waals surface area contributed by atoms with Gasteiger partial charge in [0.2, 0.25) is 0 Å². The van der Waals surface area contributed by atoms with Gasteiger partial charge in [-0.25, -0.2) is 9.38 Å². The van der Waals surface area contributed by atoms with Crippen molar-refractivity contribution in [3.05, 3.63) is 46.8 Å². The Morgan fingerprint density at radius 3 is 2.69 bits per heavy atom. The Labute approximate surface area is 171 Å². The quantitative estimate of drug-likeness (QED) is 0.384. The number of aromatic nitrogens is 3. The highest BCUT2D eigenvalue weighted by Crippen LogP contribution is 2.14. The largest absolute Gasteiger partial charge is 0.357 e. The molecule has 2 heterocycles. The molecule has 26 heavy (non-hydrogen) atoms. The molecule has 2 rings (SSSR count). The molecule has 0 radical (unpaired) electrons. The maximum atomic E-state index is 13.7. The number of hydrogen-bond donors (Lipinski definition) is 2. The summed E-state index contributed by atoms with van der Waals surface area (Å²) in [5.41, 5.74) is 3.80. The summed E-state index contributed by atoms with van der Waals surface area (Å²) in [5, 5.41) is 11.0. The molecule has 2 aromatic rings. The molecule has 0 aliphatic carbocycles. The smallest absolute Gasteiger partial charge is 0.191 e. The topological polar surface area (TPSA) is 67.1 Å². The molecule has 0 amide bonds. The van der Waals surface area contributed by atoms with Gasteiger partial charge in [-0.15, -0.1) is 24.0 Å².